The molecule has 3 nitrogen and oxygen atoms in total. The van der Waals surface area contributed by atoms with E-state index < -0.39 is 10.8 Å². The summed E-state index contributed by atoms with van der Waals surface area (Å²) in [6.07, 6.45) is 7.09. The minimum atomic E-state index is -0.607. The Morgan fingerprint density at radius 3 is 2.78 bits per heavy atom. The molecular formula is C14H28N2OS. The summed E-state index contributed by atoms with van der Waals surface area (Å²) >= 11 is 0. The van der Waals surface area contributed by atoms with Gasteiger partial charge in [0.25, 0.3) is 0 Å². The molecule has 1 N–H and O–H groups in total. The highest BCUT2D eigenvalue weighted by Gasteiger charge is 2.27. The molecule has 1 saturated heterocycles. The second-order valence-electron chi connectivity index (χ2n) is 5.69. The van der Waals surface area contributed by atoms with E-state index in [4.69, 9.17) is 0 Å². The fourth-order valence-electron chi connectivity index (χ4n) is 3.27. The predicted octanol–water partition coefficient (Wildman–Crippen LogP) is 1.61. The van der Waals surface area contributed by atoms with Crippen molar-refractivity contribution in [1.29, 1.82) is 0 Å². The summed E-state index contributed by atoms with van der Waals surface area (Å²) in [7, 11) is -0.607. The number of piperazine rings is 1. The quantitative estimate of drug-likeness (QED) is 0.825. The van der Waals surface area contributed by atoms with Gasteiger partial charge in [-0.2, -0.15) is 0 Å². The minimum absolute atomic E-state index is 0.607. The molecule has 2 rings (SSSR count). The number of nitrogens with one attached hydrogen (secondary N) is 1. The van der Waals surface area contributed by atoms with Crippen molar-refractivity contribution in [2.45, 2.75) is 45.1 Å². The first kappa shape index (κ1) is 14.5. The Morgan fingerprint density at radius 1 is 1.28 bits per heavy atom. The van der Waals surface area contributed by atoms with Crippen LogP contribution in [0.2, 0.25) is 0 Å². The van der Waals surface area contributed by atoms with Crippen molar-refractivity contribution in [3.05, 3.63) is 0 Å². The van der Waals surface area contributed by atoms with Crippen molar-refractivity contribution < 1.29 is 4.21 Å². The molecule has 1 aliphatic carbocycles. The Balaban J connectivity index is 1.75. The Bertz CT molecular complexity index is 267. The molecule has 0 aromatic rings. The number of hydrogen-bond acceptors (Lipinski definition) is 3. The molecular weight excluding hydrogens is 244 g/mol. The average molecular weight is 272 g/mol. The first-order valence-electron chi connectivity index (χ1n) is 7.60. The molecule has 0 amide bonds. The highest BCUT2D eigenvalue weighted by molar-refractivity contribution is 7.84. The van der Waals surface area contributed by atoms with E-state index in [9.17, 15) is 4.21 Å². The van der Waals surface area contributed by atoms with Crippen LogP contribution in [0, 0.1) is 5.92 Å². The van der Waals surface area contributed by atoms with Gasteiger partial charge in [-0.3, -0.25) is 9.11 Å². The van der Waals surface area contributed by atoms with Gasteiger partial charge in [-0.25, -0.2) is 0 Å². The lowest BCUT2D eigenvalue weighted by Crippen LogP contribution is -2.54. The van der Waals surface area contributed by atoms with Gasteiger partial charge in [-0.05, 0) is 18.8 Å². The van der Waals surface area contributed by atoms with Crippen molar-refractivity contribution in [1.82, 2.24) is 10.2 Å². The van der Waals surface area contributed by atoms with Crippen molar-refractivity contribution in [2.24, 2.45) is 5.92 Å². The van der Waals surface area contributed by atoms with E-state index in [0.29, 0.717) is 6.04 Å². The topological polar surface area (TPSA) is 32.3 Å². The van der Waals surface area contributed by atoms with Gasteiger partial charge in [0.15, 0.2) is 0 Å². The molecule has 0 spiro atoms. The molecule has 106 valence electrons. The Morgan fingerprint density at radius 2 is 2.06 bits per heavy atom. The molecule has 4 heteroatoms. The summed E-state index contributed by atoms with van der Waals surface area (Å²) in [6, 6.07) is 0.689. The van der Waals surface area contributed by atoms with E-state index in [2.05, 4.69) is 10.2 Å². The molecule has 2 atom stereocenters. The molecule has 0 radical (unpaired) electrons. The summed E-state index contributed by atoms with van der Waals surface area (Å²) in [5.74, 6) is 2.55. The van der Waals surface area contributed by atoms with Crippen molar-refractivity contribution in [3.63, 3.8) is 0 Å². The van der Waals surface area contributed by atoms with Gasteiger partial charge in [0.2, 0.25) is 0 Å². The highest BCUT2D eigenvalue weighted by atomic mass is 32.2. The third-order valence-electron chi connectivity index (χ3n) is 4.47. The lowest BCUT2D eigenvalue weighted by atomic mass is 9.83. The fourth-order valence-corrected chi connectivity index (χ4v) is 4.02. The average Bonchev–Trinajstić information content (AvgIpc) is 2.46. The van der Waals surface area contributed by atoms with Crippen LogP contribution in [0.4, 0.5) is 0 Å². The van der Waals surface area contributed by atoms with Gasteiger partial charge in [0.05, 0.1) is 0 Å². The molecule has 18 heavy (non-hydrogen) atoms. The van der Waals surface area contributed by atoms with Crippen LogP contribution in [0.15, 0.2) is 0 Å². The third-order valence-corrected chi connectivity index (χ3v) is 5.75. The van der Waals surface area contributed by atoms with Crippen LogP contribution in [-0.2, 0) is 10.8 Å². The maximum Gasteiger partial charge on any atom is 0.0362 e. The smallest absolute Gasteiger partial charge is 0.0362 e. The van der Waals surface area contributed by atoms with E-state index in [1.54, 1.807) is 0 Å². The summed E-state index contributed by atoms with van der Waals surface area (Å²) < 4.78 is 11.5. The molecule has 0 aromatic heterocycles. The lowest BCUT2D eigenvalue weighted by molar-refractivity contribution is 0.152. The lowest BCUT2D eigenvalue weighted by Gasteiger charge is -2.39. The predicted molar refractivity (Wildman–Crippen MR) is 78.4 cm³/mol. The van der Waals surface area contributed by atoms with Crippen molar-refractivity contribution in [3.8, 4) is 0 Å². The van der Waals surface area contributed by atoms with Gasteiger partial charge in [0.1, 0.15) is 0 Å². The molecule has 0 bridgehead atoms. The van der Waals surface area contributed by atoms with E-state index in [1.807, 2.05) is 6.92 Å². The zero-order chi connectivity index (χ0) is 12.8. The number of hydrogen-bond donors (Lipinski definition) is 1. The molecule has 2 aliphatic rings. The van der Waals surface area contributed by atoms with Crippen LogP contribution in [0.3, 0.4) is 0 Å². The van der Waals surface area contributed by atoms with Crippen LogP contribution in [0.1, 0.15) is 39.0 Å². The minimum Gasteiger partial charge on any atom is -0.311 e. The zero-order valence-corrected chi connectivity index (χ0v) is 12.5. The molecule has 0 aromatic carbocycles. The van der Waals surface area contributed by atoms with Crippen molar-refractivity contribution >= 4 is 10.8 Å². The van der Waals surface area contributed by atoms with Crippen LogP contribution >= 0.6 is 0 Å². The van der Waals surface area contributed by atoms with Crippen LogP contribution in [0.5, 0.6) is 0 Å². The highest BCUT2D eigenvalue weighted by Crippen LogP contribution is 2.27. The van der Waals surface area contributed by atoms with Gasteiger partial charge >= 0.3 is 0 Å². The normalized spacial score (nSPS) is 29.3. The fraction of sp³-hybridized carbons (Fsp3) is 1.00. The summed E-state index contributed by atoms with van der Waals surface area (Å²) in [5, 5.41) is 3.70. The first-order chi connectivity index (χ1) is 8.79. The zero-order valence-electron chi connectivity index (χ0n) is 11.7. The van der Waals surface area contributed by atoms with Gasteiger partial charge in [0, 0.05) is 54.5 Å². The molecule has 1 saturated carbocycles. The van der Waals surface area contributed by atoms with Gasteiger partial charge < -0.3 is 5.32 Å². The number of rotatable bonds is 5. The van der Waals surface area contributed by atoms with Gasteiger partial charge in [-0.15, -0.1) is 0 Å². The second kappa shape index (κ2) is 7.61. The Labute approximate surface area is 114 Å². The summed E-state index contributed by atoms with van der Waals surface area (Å²) in [5.41, 5.74) is 0. The molecule has 2 unspecified atom stereocenters. The second-order valence-corrected chi connectivity index (χ2v) is 7.56. The maximum atomic E-state index is 11.5. The monoisotopic (exact) mass is 272 g/mol. The molecule has 1 aliphatic heterocycles. The van der Waals surface area contributed by atoms with E-state index in [-0.39, 0.29) is 0 Å². The molecule has 2 fully saturated rings. The SMILES string of the molecule is CCS(=O)CCN1CCNC(C2CCCCC2)C1. The summed E-state index contributed by atoms with van der Waals surface area (Å²) in [4.78, 5) is 2.52. The summed E-state index contributed by atoms with van der Waals surface area (Å²) in [6.45, 7) is 6.44. The third kappa shape index (κ3) is 4.32. The number of nitrogens with zero attached hydrogens (tertiary/aromatic N) is 1. The van der Waals surface area contributed by atoms with Crippen LogP contribution in [0.25, 0.3) is 0 Å². The van der Waals surface area contributed by atoms with Crippen LogP contribution in [-0.4, -0.2) is 52.8 Å². The Hall–Kier alpha value is 0.0700. The van der Waals surface area contributed by atoms with E-state index in [0.717, 1.165) is 37.1 Å². The van der Waals surface area contributed by atoms with Crippen molar-refractivity contribution in [2.75, 3.05) is 37.7 Å². The molecule has 1 heterocycles. The van der Waals surface area contributed by atoms with Gasteiger partial charge in [-0.1, -0.05) is 26.2 Å². The maximum absolute atomic E-state index is 11.5. The van der Waals surface area contributed by atoms with E-state index >= 15 is 0 Å². The van der Waals surface area contributed by atoms with Crippen LogP contribution < -0.4 is 5.32 Å². The van der Waals surface area contributed by atoms with E-state index in [1.165, 1.54) is 38.6 Å². The standard InChI is InChI=1S/C14H28N2OS/c1-2-18(17)11-10-16-9-8-15-14(12-16)13-6-4-3-5-7-13/h13-15H,2-12H2,1H3. The Kier molecular flexibility index (Phi) is 6.12. The largest absolute Gasteiger partial charge is 0.311 e. The first-order valence-corrected chi connectivity index (χ1v) is 9.09.